The van der Waals surface area contributed by atoms with Crippen LogP contribution in [0.25, 0.3) is 0 Å². The van der Waals surface area contributed by atoms with Crippen molar-refractivity contribution in [3.8, 4) is 0 Å². The Hall–Kier alpha value is -0.610. The Kier molecular flexibility index (Phi) is 3.82. The monoisotopic (exact) mass is 284 g/mol. The lowest BCUT2D eigenvalue weighted by Gasteiger charge is -2.36. The molecule has 0 saturated carbocycles. The fraction of sp³-hybridized carbons (Fsp3) is 0.583. The summed E-state index contributed by atoms with van der Waals surface area (Å²) in [6.07, 6.45) is 8.37. The molecule has 0 aromatic rings. The van der Waals surface area contributed by atoms with Crippen LogP contribution in [0.1, 0.15) is 19.8 Å². The van der Waals surface area contributed by atoms with Gasteiger partial charge >= 0.3 is 0 Å². The summed E-state index contributed by atoms with van der Waals surface area (Å²) in [4.78, 5) is 13.5. The number of hydrogen-bond acceptors (Lipinski definition) is 2. The standard InChI is InChI=1S/C12H17BrN2O/c1-9(16)15-8-11(13)2-3-12(15)10-4-6-14-7-5-10/h2-3,8,10,12,14H,4-7H2,1H3. The van der Waals surface area contributed by atoms with Gasteiger partial charge in [0.2, 0.25) is 5.91 Å². The highest BCUT2D eigenvalue weighted by atomic mass is 79.9. The fourth-order valence-electron chi connectivity index (χ4n) is 2.42. The van der Waals surface area contributed by atoms with E-state index < -0.39 is 0 Å². The van der Waals surface area contributed by atoms with Crippen LogP contribution in [0.4, 0.5) is 0 Å². The molecule has 0 bridgehead atoms. The third-order valence-corrected chi connectivity index (χ3v) is 3.74. The summed E-state index contributed by atoms with van der Waals surface area (Å²) in [5.74, 6) is 0.697. The van der Waals surface area contributed by atoms with Crippen LogP contribution < -0.4 is 5.32 Å². The van der Waals surface area contributed by atoms with Crippen molar-refractivity contribution in [1.29, 1.82) is 0 Å². The van der Waals surface area contributed by atoms with Crippen LogP contribution in [-0.2, 0) is 4.79 Å². The summed E-state index contributed by atoms with van der Waals surface area (Å²) >= 11 is 3.42. The third kappa shape index (κ3) is 2.55. The number of amides is 1. The molecule has 1 amide bonds. The molecule has 0 spiro atoms. The molecule has 2 heterocycles. The molecule has 1 N–H and O–H groups in total. The van der Waals surface area contributed by atoms with Crippen LogP contribution in [0.5, 0.6) is 0 Å². The van der Waals surface area contributed by atoms with Crippen molar-refractivity contribution < 1.29 is 4.79 Å². The molecular formula is C12H17BrN2O. The maximum Gasteiger partial charge on any atom is 0.223 e. The maximum absolute atomic E-state index is 11.6. The van der Waals surface area contributed by atoms with E-state index in [2.05, 4.69) is 27.3 Å². The van der Waals surface area contributed by atoms with Gasteiger partial charge in [0.05, 0.1) is 6.04 Å². The van der Waals surface area contributed by atoms with Gasteiger partial charge in [-0.3, -0.25) is 4.79 Å². The van der Waals surface area contributed by atoms with E-state index in [1.807, 2.05) is 17.2 Å². The topological polar surface area (TPSA) is 32.3 Å². The summed E-state index contributed by atoms with van der Waals surface area (Å²) in [5.41, 5.74) is 0. The minimum atomic E-state index is 0.116. The molecule has 16 heavy (non-hydrogen) atoms. The molecule has 0 radical (unpaired) electrons. The Morgan fingerprint density at radius 3 is 2.81 bits per heavy atom. The van der Waals surface area contributed by atoms with Gasteiger partial charge in [-0.05, 0) is 53.9 Å². The molecular weight excluding hydrogens is 268 g/mol. The second-order valence-electron chi connectivity index (χ2n) is 4.38. The lowest BCUT2D eigenvalue weighted by molar-refractivity contribution is -0.128. The van der Waals surface area contributed by atoms with Crippen LogP contribution in [0, 0.1) is 5.92 Å². The van der Waals surface area contributed by atoms with E-state index in [9.17, 15) is 4.79 Å². The van der Waals surface area contributed by atoms with Crippen molar-refractivity contribution in [3.63, 3.8) is 0 Å². The molecule has 0 aromatic heterocycles. The molecule has 1 atom stereocenters. The third-order valence-electron chi connectivity index (χ3n) is 3.27. The lowest BCUT2D eigenvalue weighted by Crippen LogP contribution is -2.44. The van der Waals surface area contributed by atoms with Crippen molar-refractivity contribution >= 4 is 21.8 Å². The number of carbonyl (C=O) groups is 1. The van der Waals surface area contributed by atoms with Gasteiger partial charge < -0.3 is 10.2 Å². The highest BCUT2D eigenvalue weighted by Gasteiger charge is 2.29. The smallest absolute Gasteiger partial charge is 0.223 e. The lowest BCUT2D eigenvalue weighted by atomic mass is 9.88. The minimum absolute atomic E-state index is 0.116. The first kappa shape index (κ1) is 11.9. The number of halogens is 1. The number of allylic oxidation sites excluding steroid dienone is 2. The molecule has 2 aliphatic heterocycles. The van der Waals surface area contributed by atoms with E-state index in [0.29, 0.717) is 5.92 Å². The van der Waals surface area contributed by atoms with Crippen molar-refractivity contribution in [2.24, 2.45) is 5.92 Å². The fourth-order valence-corrected chi connectivity index (χ4v) is 2.79. The largest absolute Gasteiger partial charge is 0.317 e. The quantitative estimate of drug-likeness (QED) is 0.799. The second-order valence-corrected chi connectivity index (χ2v) is 5.29. The maximum atomic E-state index is 11.6. The molecule has 0 aromatic carbocycles. The highest BCUT2D eigenvalue weighted by Crippen LogP contribution is 2.27. The number of hydrogen-bond donors (Lipinski definition) is 1. The summed E-state index contributed by atoms with van der Waals surface area (Å²) in [6, 6.07) is 0.237. The van der Waals surface area contributed by atoms with Gasteiger partial charge in [-0.15, -0.1) is 0 Å². The Morgan fingerprint density at radius 2 is 2.19 bits per heavy atom. The zero-order chi connectivity index (χ0) is 11.5. The minimum Gasteiger partial charge on any atom is -0.317 e. The zero-order valence-corrected chi connectivity index (χ0v) is 11.0. The average molecular weight is 285 g/mol. The van der Waals surface area contributed by atoms with Crippen LogP contribution in [0.3, 0.4) is 0 Å². The van der Waals surface area contributed by atoms with Gasteiger partial charge in [-0.1, -0.05) is 6.08 Å². The van der Waals surface area contributed by atoms with Gasteiger partial charge in [0.25, 0.3) is 0 Å². The summed E-state index contributed by atoms with van der Waals surface area (Å²) in [7, 11) is 0. The Bertz CT molecular complexity index is 332. The molecule has 0 aliphatic carbocycles. The molecule has 1 unspecified atom stereocenters. The first-order chi connectivity index (χ1) is 7.68. The van der Waals surface area contributed by atoms with Gasteiger partial charge in [0.1, 0.15) is 0 Å². The highest BCUT2D eigenvalue weighted by molar-refractivity contribution is 9.11. The number of piperidine rings is 1. The van der Waals surface area contributed by atoms with E-state index in [-0.39, 0.29) is 11.9 Å². The van der Waals surface area contributed by atoms with E-state index in [4.69, 9.17) is 0 Å². The summed E-state index contributed by atoms with van der Waals surface area (Å²) in [5, 5.41) is 3.35. The zero-order valence-electron chi connectivity index (χ0n) is 9.45. The Balaban J connectivity index is 2.12. The molecule has 88 valence electrons. The summed E-state index contributed by atoms with van der Waals surface area (Å²) in [6.45, 7) is 3.75. The number of rotatable bonds is 1. The Morgan fingerprint density at radius 1 is 1.50 bits per heavy atom. The van der Waals surface area contributed by atoms with Gasteiger partial charge in [-0.2, -0.15) is 0 Å². The van der Waals surface area contributed by atoms with E-state index in [1.54, 1.807) is 6.92 Å². The van der Waals surface area contributed by atoms with Crippen molar-refractivity contribution in [2.45, 2.75) is 25.8 Å². The van der Waals surface area contributed by atoms with Crippen molar-refractivity contribution in [1.82, 2.24) is 10.2 Å². The van der Waals surface area contributed by atoms with Crippen LogP contribution >= 0.6 is 15.9 Å². The summed E-state index contributed by atoms with van der Waals surface area (Å²) < 4.78 is 0.966. The van der Waals surface area contributed by atoms with E-state index >= 15 is 0 Å². The molecule has 1 saturated heterocycles. The van der Waals surface area contributed by atoms with Gasteiger partial charge in [0, 0.05) is 17.6 Å². The predicted molar refractivity (Wildman–Crippen MR) is 68.1 cm³/mol. The van der Waals surface area contributed by atoms with E-state index in [1.165, 1.54) is 0 Å². The second kappa shape index (κ2) is 5.15. The van der Waals surface area contributed by atoms with Crippen molar-refractivity contribution in [2.75, 3.05) is 13.1 Å². The van der Waals surface area contributed by atoms with Crippen LogP contribution in [0.2, 0.25) is 0 Å². The SMILES string of the molecule is CC(=O)N1C=C(Br)C=CC1C1CCNCC1. The van der Waals surface area contributed by atoms with Gasteiger partial charge in [0.15, 0.2) is 0 Å². The molecule has 2 aliphatic rings. The van der Waals surface area contributed by atoms with Crippen LogP contribution in [-0.4, -0.2) is 29.9 Å². The van der Waals surface area contributed by atoms with E-state index in [0.717, 1.165) is 30.4 Å². The van der Waals surface area contributed by atoms with Gasteiger partial charge in [-0.25, -0.2) is 0 Å². The Labute approximate surface area is 105 Å². The molecule has 4 heteroatoms. The molecule has 1 fully saturated rings. The molecule has 3 nitrogen and oxygen atoms in total. The number of nitrogens with one attached hydrogen (secondary N) is 1. The normalized spacial score (nSPS) is 26.8. The predicted octanol–water partition coefficient (Wildman–Crippen LogP) is 2.01. The first-order valence-corrected chi connectivity index (χ1v) is 6.53. The first-order valence-electron chi connectivity index (χ1n) is 5.73. The number of carbonyl (C=O) groups excluding carboxylic acids is 1. The van der Waals surface area contributed by atoms with Crippen molar-refractivity contribution in [3.05, 3.63) is 22.8 Å². The number of nitrogens with zero attached hydrogens (tertiary/aromatic N) is 1. The molecule has 2 rings (SSSR count). The average Bonchev–Trinajstić information content (AvgIpc) is 2.30. The van der Waals surface area contributed by atoms with Crippen LogP contribution in [0.15, 0.2) is 22.8 Å².